The Morgan fingerprint density at radius 3 is 2.58 bits per heavy atom. The summed E-state index contributed by atoms with van der Waals surface area (Å²) in [5, 5.41) is 0. The van der Waals surface area contributed by atoms with E-state index in [0.717, 1.165) is 17.0 Å². The molecule has 1 aromatic heterocycles. The lowest BCUT2D eigenvalue weighted by atomic mass is 10.2. The summed E-state index contributed by atoms with van der Waals surface area (Å²) >= 11 is 0. The molecule has 0 atom stereocenters. The Kier molecular flexibility index (Phi) is 2.48. The number of H-pyrrole nitrogens is 1. The topological polar surface area (TPSA) is 32.9 Å². The number of allylic oxidation sites excluding steroid dienone is 1. The zero-order chi connectivity index (χ0) is 9.14. The molecule has 0 amide bonds. The fourth-order valence-corrected chi connectivity index (χ4v) is 1.13. The summed E-state index contributed by atoms with van der Waals surface area (Å²) in [4.78, 5) is 13.8. The minimum atomic E-state index is 0.0771. The summed E-state index contributed by atoms with van der Waals surface area (Å²) < 4.78 is 0. The zero-order valence-electron chi connectivity index (χ0n) is 7.64. The normalized spacial score (nSPS) is 10.9. The van der Waals surface area contributed by atoms with Crippen LogP contribution in [0.5, 0.6) is 0 Å². The number of aromatic amines is 1. The Bertz CT molecular complexity index is 321. The molecule has 1 heterocycles. The number of aromatic nitrogens is 1. The van der Waals surface area contributed by atoms with Crippen molar-refractivity contribution in [2.45, 2.75) is 20.8 Å². The van der Waals surface area contributed by atoms with Crippen LogP contribution >= 0.6 is 0 Å². The van der Waals surface area contributed by atoms with E-state index in [0.29, 0.717) is 0 Å². The summed E-state index contributed by atoms with van der Waals surface area (Å²) in [7, 11) is 0. The van der Waals surface area contributed by atoms with Gasteiger partial charge < -0.3 is 4.98 Å². The molecule has 0 aliphatic carbocycles. The smallest absolute Gasteiger partial charge is 0.152 e. The predicted molar refractivity (Wildman–Crippen MR) is 50.0 cm³/mol. The van der Waals surface area contributed by atoms with Crippen molar-refractivity contribution in [1.82, 2.24) is 4.98 Å². The van der Waals surface area contributed by atoms with Gasteiger partial charge in [-0.2, -0.15) is 0 Å². The van der Waals surface area contributed by atoms with E-state index in [-0.39, 0.29) is 5.78 Å². The quantitative estimate of drug-likeness (QED) is 0.666. The first-order chi connectivity index (χ1) is 5.59. The van der Waals surface area contributed by atoms with Crippen molar-refractivity contribution in [2.75, 3.05) is 0 Å². The number of hydrogen-bond acceptors (Lipinski definition) is 1. The summed E-state index contributed by atoms with van der Waals surface area (Å²) in [6.45, 7) is 5.54. The molecular formula is C10H13NO. The Morgan fingerprint density at radius 1 is 1.50 bits per heavy atom. The van der Waals surface area contributed by atoms with Gasteiger partial charge in [-0.1, -0.05) is 0 Å². The number of carbonyl (C=O) groups excluding carboxylic acids is 1. The van der Waals surface area contributed by atoms with Gasteiger partial charge in [-0.15, -0.1) is 0 Å². The lowest BCUT2D eigenvalue weighted by Crippen LogP contribution is -1.80. The summed E-state index contributed by atoms with van der Waals surface area (Å²) in [6, 6.07) is 2.02. The maximum atomic E-state index is 10.6. The van der Waals surface area contributed by atoms with Crippen molar-refractivity contribution in [3.63, 3.8) is 0 Å². The summed E-state index contributed by atoms with van der Waals surface area (Å²) in [5.74, 6) is 0.0771. The van der Waals surface area contributed by atoms with Crippen LogP contribution in [0.4, 0.5) is 0 Å². The van der Waals surface area contributed by atoms with Crippen molar-refractivity contribution in [3.05, 3.63) is 29.1 Å². The number of aryl methyl sites for hydroxylation is 2. The van der Waals surface area contributed by atoms with Crippen molar-refractivity contribution in [3.8, 4) is 0 Å². The highest BCUT2D eigenvalue weighted by Gasteiger charge is 1.96. The molecule has 0 saturated heterocycles. The molecule has 64 valence electrons. The molecule has 2 heteroatoms. The van der Waals surface area contributed by atoms with Crippen LogP contribution in [0.3, 0.4) is 0 Å². The standard InChI is InChI=1S/C10H13NO/c1-7-6-10(9(3)11-7)5-4-8(2)12/h4-6,11H,1-3H3. The molecular weight excluding hydrogens is 150 g/mol. The molecule has 0 unspecified atom stereocenters. The minimum absolute atomic E-state index is 0.0771. The average molecular weight is 163 g/mol. The van der Waals surface area contributed by atoms with Crippen LogP contribution in [-0.2, 0) is 4.79 Å². The Labute approximate surface area is 72.3 Å². The third-order valence-electron chi connectivity index (χ3n) is 1.69. The van der Waals surface area contributed by atoms with Gasteiger partial charge in [0.05, 0.1) is 0 Å². The van der Waals surface area contributed by atoms with E-state index in [9.17, 15) is 4.79 Å². The zero-order valence-corrected chi connectivity index (χ0v) is 7.64. The van der Waals surface area contributed by atoms with Crippen LogP contribution in [0, 0.1) is 13.8 Å². The first-order valence-electron chi connectivity index (χ1n) is 3.94. The van der Waals surface area contributed by atoms with E-state index in [1.165, 1.54) is 0 Å². The van der Waals surface area contributed by atoms with Crippen LogP contribution in [-0.4, -0.2) is 10.8 Å². The highest BCUT2D eigenvalue weighted by molar-refractivity contribution is 5.91. The Hall–Kier alpha value is -1.31. The lowest BCUT2D eigenvalue weighted by molar-refractivity contribution is -0.112. The molecule has 0 saturated carbocycles. The van der Waals surface area contributed by atoms with E-state index < -0.39 is 0 Å². The fraction of sp³-hybridized carbons (Fsp3) is 0.300. The lowest BCUT2D eigenvalue weighted by Gasteiger charge is -1.87. The van der Waals surface area contributed by atoms with Crippen LogP contribution in [0.2, 0.25) is 0 Å². The number of rotatable bonds is 2. The maximum absolute atomic E-state index is 10.6. The van der Waals surface area contributed by atoms with E-state index in [2.05, 4.69) is 4.98 Å². The molecule has 1 rings (SSSR count). The molecule has 0 fully saturated rings. The third-order valence-corrected chi connectivity index (χ3v) is 1.69. The van der Waals surface area contributed by atoms with Crippen molar-refractivity contribution in [2.24, 2.45) is 0 Å². The molecule has 0 bridgehead atoms. The molecule has 0 radical (unpaired) electrons. The highest BCUT2D eigenvalue weighted by Crippen LogP contribution is 2.10. The number of ketones is 1. The highest BCUT2D eigenvalue weighted by atomic mass is 16.1. The van der Waals surface area contributed by atoms with Gasteiger partial charge in [0.1, 0.15) is 0 Å². The van der Waals surface area contributed by atoms with Crippen molar-refractivity contribution in [1.29, 1.82) is 0 Å². The molecule has 0 aliphatic heterocycles. The van der Waals surface area contributed by atoms with Gasteiger partial charge in [-0.25, -0.2) is 0 Å². The first kappa shape index (κ1) is 8.78. The second-order valence-electron chi connectivity index (χ2n) is 2.98. The average Bonchev–Trinajstić information content (AvgIpc) is 2.26. The Balaban J connectivity index is 2.89. The van der Waals surface area contributed by atoms with Gasteiger partial charge in [0.2, 0.25) is 0 Å². The van der Waals surface area contributed by atoms with E-state index >= 15 is 0 Å². The summed E-state index contributed by atoms with van der Waals surface area (Å²) in [5.41, 5.74) is 3.31. The second kappa shape index (κ2) is 3.39. The van der Waals surface area contributed by atoms with Crippen molar-refractivity contribution >= 4 is 11.9 Å². The molecule has 12 heavy (non-hydrogen) atoms. The largest absolute Gasteiger partial charge is 0.362 e. The third kappa shape index (κ3) is 2.09. The first-order valence-corrected chi connectivity index (χ1v) is 3.94. The van der Waals surface area contributed by atoms with Gasteiger partial charge in [-0.05, 0) is 44.6 Å². The number of hydrogen-bond donors (Lipinski definition) is 1. The summed E-state index contributed by atoms with van der Waals surface area (Å²) in [6.07, 6.45) is 3.41. The van der Waals surface area contributed by atoms with Gasteiger partial charge in [0.25, 0.3) is 0 Å². The monoisotopic (exact) mass is 163 g/mol. The van der Waals surface area contributed by atoms with E-state index in [4.69, 9.17) is 0 Å². The molecule has 0 spiro atoms. The maximum Gasteiger partial charge on any atom is 0.152 e. The predicted octanol–water partition coefficient (Wildman–Crippen LogP) is 2.23. The van der Waals surface area contributed by atoms with E-state index in [1.54, 1.807) is 13.0 Å². The number of carbonyl (C=O) groups is 1. The Morgan fingerprint density at radius 2 is 2.17 bits per heavy atom. The van der Waals surface area contributed by atoms with Gasteiger partial charge in [-0.3, -0.25) is 4.79 Å². The van der Waals surface area contributed by atoms with Crippen LogP contribution in [0.15, 0.2) is 12.1 Å². The minimum Gasteiger partial charge on any atom is -0.362 e. The molecule has 0 aliphatic rings. The van der Waals surface area contributed by atoms with Crippen LogP contribution in [0.25, 0.3) is 6.08 Å². The molecule has 1 aromatic rings. The fourth-order valence-electron chi connectivity index (χ4n) is 1.13. The van der Waals surface area contributed by atoms with Crippen LogP contribution in [0.1, 0.15) is 23.9 Å². The van der Waals surface area contributed by atoms with Crippen molar-refractivity contribution < 1.29 is 4.79 Å². The molecule has 2 nitrogen and oxygen atoms in total. The second-order valence-corrected chi connectivity index (χ2v) is 2.98. The van der Waals surface area contributed by atoms with Crippen LogP contribution < -0.4 is 0 Å². The van der Waals surface area contributed by atoms with E-state index in [1.807, 2.05) is 26.0 Å². The van der Waals surface area contributed by atoms with Gasteiger partial charge in [0.15, 0.2) is 5.78 Å². The van der Waals surface area contributed by atoms with Gasteiger partial charge >= 0.3 is 0 Å². The molecule has 0 aromatic carbocycles. The van der Waals surface area contributed by atoms with Gasteiger partial charge in [0, 0.05) is 11.4 Å². The molecule has 1 N–H and O–H groups in total. The number of nitrogens with one attached hydrogen (secondary N) is 1. The SMILES string of the molecule is CC(=O)C=Cc1cc(C)[nH]c1C.